The first kappa shape index (κ1) is 51.4. The summed E-state index contributed by atoms with van der Waals surface area (Å²) in [6.07, 6.45) is 0. The van der Waals surface area contributed by atoms with Crippen molar-refractivity contribution in [3.05, 3.63) is 0 Å². The van der Waals surface area contributed by atoms with Gasteiger partial charge in [-0.25, -0.2) is 19.2 Å². The summed E-state index contributed by atoms with van der Waals surface area (Å²) in [4.78, 5) is 37.4. The van der Waals surface area contributed by atoms with Gasteiger partial charge in [0, 0.05) is 0 Å². The summed E-state index contributed by atoms with van der Waals surface area (Å²) in [6.45, 7) is 0. The lowest BCUT2D eigenvalue weighted by molar-refractivity contribution is -0.198. The fourth-order valence-electron chi connectivity index (χ4n) is 0.485. The third kappa shape index (κ3) is 18.0. The van der Waals surface area contributed by atoms with E-state index < -0.39 is 76.4 Å². The highest BCUT2D eigenvalue weighted by Crippen LogP contribution is 2.39. The highest BCUT2D eigenvalue weighted by molar-refractivity contribution is 6.30. The third-order valence-corrected chi connectivity index (χ3v) is 3.45. The lowest BCUT2D eigenvalue weighted by atomic mass is 10.3. The Bertz CT molecular complexity index is 803. The molecule has 0 atom stereocenters. The van der Waals surface area contributed by atoms with Crippen molar-refractivity contribution in [1.82, 2.24) is 0 Å². The molecular formula is C12H7BCl4F16O11. The molecule has 0 amide bonds. The Balaban J connectivity index is -0.000000147. The maximum Gasteiger partial charge on any atom is 0.631 e. The molecule has 0 fully saturated rings. The first-order chi connectivity index (χ1) is 18.5. The van der Waals surface area contributed by atoms with Crippen LogP contribution in [0.2, 0.25) is 0 Å². The second-order valence-corrected chi connectivity index (χ2v) is 7.75. The van der Waals surface area contributed by atoms with E-state index in [1.165, 1.54) is 0 Å². The molecule has 0 aliphatic carbocycles. The molecule has 0 spiro atoms. The van der Waals surface area contributed by atoms with Crippen LogP contribution in [0.5, 0.6) is 0 Å². The SMILES string of the molecule is O=C(O)C(F)(F)C(F)(F)Cl.O=C(O)C(F)(F)C(F)(F)Cl.O=C(O)C(F)(F)C(F)(F)Cl.O=C(O)C(F)(F)C(F)(F)Cl.OB(O)O. The van der Waals surface area contributed by atoms with Crippen molar-refractivity contribution < 1.29 is 125 Å². The predicted molar refractivity (Wildman–Crippen MR) is 106 cm³/mol. The van der Waals surface area contributed by atoms with E-state index in [2.05, 4.69) is 46.4 Å². The Kier molecular flexibility index (Phi) is 20.5. The molecular weight excluding hydrogens is 777 g/mol. The molecule has 32 heteroatoms. The molecule has 0 aromatic rings. The summed E-state index contributed by atoms with van der Waals surface area (Å²) in [6, 6.07) is 0. The highest BCUT2D eigenvalue weighted by atomic mass is 35.5. The maximum atomic E-state index is 11.6. The van der Waals surface area contributed by atoms with E-state index in [1.807, 2.05) is 0 Å². The molecule has 7 N–H and O–H groups in total. The molecule has 0 saturated carbocycles. The van der Waals surface area contributed by atoms with E-state index >= 15 is 0 Å². The van der Waals surface area contributed by atoms with Gasteiger partial charge in [0.1, 0.15) is 0 Å². The van der Waals surface area contributed by atoms with E-state index in [1.54, 1.807) is 0 Å². The van der Waals surface area contributed by atoms with Crippen molar-refractivity contribution in [3.8, 4) is 0 Å². The Morgan fingerprint density at radius 3 is 0.432 bits per heavy atom. The minimum atomic E-state index is -5.21. The van der Waals surface area contributed by atoms with Crippen LogP contribution >= 0.6 is 46.4 Å². The van der Waals surface area contributed by atoms with Crippen LogP contribution in [0.1, 0.15) is 0 Å². The fourth-order valence-corrected chi connectivity index (χ4v) is 0.808. The molecule has 0 heterocycles. The van der Waals surface area contributed by atoms with Gasteiger partial charge in [0.15, 0.2) is 0 Å². The number of carboxylic acid groups (broad SMARTS) is 4. The third-order valence-electron chi connectivity index (χ3n) is 2.50. The standard InChI is InChI=1S/4C3HClF4O2.BH3O3/c4*4-3(7,8)2(5,6)1(9)10;2-1(3)4/h4*(H,9,10);2-4H. The van der Waals surface area contributed by atoms with E-state index in [4.69, 9.17) is 35.5 Å². The normalized spacial score (nSPS) is 12.7. The van der Waals surface area contributed by atoms with Crippen molar-refractivity contribution in [1.29, 1.82) is 0 Å². The Morgan fingerprint density at radius 2 is 0.432 bits per heavy atom. The van der Waals surface area contributed by atoms with Crippen LogP contribution in [0.3, 0.4) is 0 Å². The Hall–Kier alpha value is -2.14. The Labute approximate surface area is 248 Å². The predicted octanol–water partition coefficient (Wildman–Crippen LogP) is 4.10. The first-order valence-electron chi connectivity index (χ1n) is 8.27. The van der Waals surface area contributed by atoms with Crippen LogP contribution in [0, 0.1) is 0 Å². The quantitative estimate of drug-likeness (QED) is 0.106. The number of halogens is 20. The first-order valence-corrected chi connectivity index (χ1v) is 9.78. The molecule has 0 bridgehead atoms. The van der Waals surface area contributed by atoms with E-state index in [0.29, 0.717) is 0 Å². The van der Waals surface area contributed by atoms with Gasteiger partial charge in [0.2, 0.25) is 0 Å². The zero-order valence-corrected chi connectivity index (χ0v) is 21.9. The lowest BCUT2D eigenvalue weighted by Crippen LogP contribution is -2.43. The lowest BCUT2D eigenvalue weighted by Gasteiger charge is -2.15. The molecule has 0 radical (unpaired) electrons. The van der Waals surface area contributed by atoms with Crippen molar-refractivity contribution in [3.63, 3.8) is 0 Å². The monoisotopic (exact) mass is 782 g/mol. The molecule has 0 saturated heterocycles. The molecule has 44 heavy (non-hydrogen) atoms. The summed E-state index contributed by atoms with van der Waals surface area (Å²) in [5, 5.41) is 31.2. The van der Waals surface area contributed by atoms with Crippen LogP contribution in [0.4, 0.5) is 70.2 Å². The van der Waals surface area contributed by atoms with Crippen LogP contribution < -0.4 is 0 Å². The number of hydrogen-bond donors (Lipinski definition) is 7. The van der Waals surface area contributed by atoms with Gasteiger partial charge in [-0.3, -0.25) is 0 Å². The zero-order chi connectivity index (χ0) is 37.9. The van der Waals surface area contributed by atoms with Crippen LogP contribution in [0.15, 0.2) is 0 Å². The van der Waals surface area contributed by atoms with Crippen molar-refractivity contribution >= 4 is 77.6 Å². The van der Waals surface area contributed by atoms with E-state index in [9.17, 15) is 89.4 Å². The van der Waals surface area contributed by atoms with Gasteiger partial charge in [-0.1, -0.05) is 0 Å². The second-order valence-electron chi connectivity index (χ2n) is 5.86. The van der Waals surface area contributed by atoms with E-state index in [0.717, 1.165) is 0 Å². The molecule has 0 rings (SSSR count). The topological polar surface area (TPSA) is 210 Å². The molecule has 11 nitrogen and oxygen atoms in total. The maximum absolute atomic E-state index is 11.6. The summed E-state index contributed by atoms with van der Waals surface area (Å²) in [5.74, 6) is -32.7. The van der Waals surface area contributed by atoms with Gasteiger partial charge in [0.05, 0.1) is 0 Å². The van der Waals surface area contributed by atoms with Gasteiger partial charge in [-0.15, -0.1) is 0 Å². The van der Waals surface area contributed by atoms with Gasteiger partial charge in [-0.2, -0.15) is 70.2 Å². The summed E-state index contributed by atoms with van der Waals surface area (Å²) >= 11 is 15.0. The average molecular weight is 784 g/mol. The number of rotatable bonds is 8. The van der Waals surface area contributed by atoms with Gasteiger partial charge in [0.25, 0.3) is 0 Å². The van der Waals surface area contributed by atoms with Gasteiger partial charge < -0.3 is 35.5 Å². The van der Waals surface area contributed by atoms with Crippen molar-refractivity contribution in [2.45, 2.75) is 45.2 Å². The molecule has 0 unspecified atom stereocenters. The molecule has 264 valence electrons. The smallest absolute Gasteiger partial charge is 0.477 e. The fraction of sp³-hybridized carbons (Fsp3) is 0.667. The van der Waals surface area contributed by atoms with Crippen molar-refractivity contribution in [2.24, 2.45) is 0 Å². The average Bonchev–Trinajstić information content (AvgIpc) is 2.71. The van der Waals surface area contributed by atoms with Crippen LogP contribution in [-0.2, 0) is 19.2 Å². The summed E-state index contributed by atoms with van der Waals surface area (Å²) < 4.78 is 184. The number of carboxylic acids is 4. The number of carbonyl (C=O) groups is 4. The number of aliphatic carboxylic acids is 4. The number of alkyl halides is 20. The largest absolute Gasteiger partial charge is 0.631 e. The summed E-state index contributed by atoms with van der Waals surface area (Å²) in [5.41, 5.74) is 0. The molecule has 0 aliphatic heterocycles. The second kappa shape index (κ2) is 17.5. The minimum Gasteiger partial charge on any atom is -0.477 e. The molecule has 0 aromatic heterocycles. The van der Waals surface area contributed by atoms with Crippen molar-refractivity contribution in [2.75, 3.05) is 0 Å². The van der Waals surface area contributed by atoms with Crippen LogP contribution in [-0.4, -0.2) is 112 Å². The molecule has 0 aromatic carbocycles. The van der Waals surface area contributed by atoms with E-state index in [-0.39, 0.29) is 0 Å². The van der Waals surface area contributed by atoms with Crippen LogP contribution in [0.25, 0.3) is 0 Å². The minimum absolute atomic E-state index is 2.17. The zero-order valence-electron chi connectivity index (χ0n) is 18.9. The Morgan fingerprint density at radius 1 is 0.364 bits per heavy atom. The summed E-state index contributed by atoms with van der Waals surface area (Å²) in [7, 11) is -2.17. The van der Waals surface area contributed by atoms with Gasteiger partial charge in [-0.05, 0) is 46.4 Å². The molecule has 0 aliphatic rings. The highest BCUT2D eigenvalue weighted by Gasteiger charge is 2.63. The van der Waals surface area contributed by atoms with Gasteiger partial charge >= 0.3 is 76.4 Å². The number of hydrogen-bond acceptors (Lipinski definition) is 7.